The molecule has 0 N–H and O–H groups in total. The monoisotopic (exact) mass is 636 g/mol. The molecule has 1 nitrogen and oxygen atoms in total. The highest BCUT2D eigenvalue weighted by Crippen LogP contribution is 2.64. The standard InChI is InChI=1S/C49H32O/c1-3-14-33-31(12-1)32-13-2-4-15-34(32)41-28-46-42(27-40(33)41)36-17-6-9-22-44(36)49(46)43-21-8-5-16-35(43)37-25-24-29(26-45(37)49)30-19-11-20-39-38-18-7-10-23-47(38)50-48(30)39/h1-19,21-28,30,39,48H,20H2. The molecule has 4 atom stereocenters. The molecule has 1 heterocycles. The van der Waals surface area contributed by atoms with Crippen LogP contribution in [0.15, 0.2) is 164 Å². The third kappa shape index (κ3) is 3.24. The molecule has 0 bridgehead atoms. The molecule has 1 heteroatoms. The van der Waals surface area contributed by atoms with E-state index < -0.39 is 5.41 Å². The van der Waals surface area contributed by atoms with E-state index >= 15 is 0 Å². The van der Waals surface area contributed by atoms with E-state index in [1.807, 2.05) is 0 Å². The molecule has 1 aliphatic heterocycles. The number of ether oxygens (including phenoxy) is 1. The predicted molar refractivity (Wildman–Crippen MR) is 205 cm³/mol. The van der Waals surface area contributed by atoms with Crippen LogP contribution in [0.4, 0.5) is 0 Å². The third-order valence-electron chi connectivity index (χ3n) is 12.4. The second-order valence-corrected chi connectivity index (χ2v) is 14.6. The summed E-state index contributed by atoms with van der Waals surface area (Å²) in [6.45, 7) is 0. The van der Waals surface area contributed by atoms with Gasteiger partial charge in [-0.3, -0.25) is 0 Å². The summed E-state index contributed by atoms with van der Waals surface area (Å²) in [5.74, 6) is 1.60. The zero-order chi connectivity index (χ0) is 32.6. The summed E-state index contributed by atoms with van der Waals surface area (Å²) in [4.78, 5) is 0. The zero-order valence-corrected chi connectivity index (χ0v) is 27.4. The van der Waals surface area contributed by atoms with Gasteiger partial charge in [0.25, 0.3) is 0 Å². The maximum absolute atomic E-state index is 6.76. The molecule has 8 aromatic rings. The highest BCUT2D eigenvalue weighted by molar-refractivity contribution is 6.26. The van der Waals surface area contributed by atoms with E-state index in [9.17, 15) is 0 Å². The molecular weight excluding hydrogens is 605 g/mol. The lowest BCUT2D eigenvalue weighted by Crippen LogP contribution is -2.29. The van der Waals surface area contributed by atoms with E-state index in [-0.39, 0.29) is 12.0 Å². The first-order chi connectivity index (χ1) is 24.8. The topological polar surface area (TPSA) is 9.23 Å². The SMILES string of the molecule is C1=CC(c2ccc3c(c2)C2(c4ccccc4-3)c3ccccc3-c3cc4c5ccccc5c5ccccc5c4cc32)C2Oc3ccccc3C2C1. The highest BCUT2D eigenvalue weighted by Gasteiger charge is 2.52. The lowest BCUT2D eigenvalue weighted by molar-refractivity contribution is 0.183. The van der Waals surface area contributed by atoms with Crippen molar-refractivity contribution in [1.82, 2.24) is 0 Å². The van der Waals surface area contributed by atoms with E-state index in [4.69, 9.17) is 4.74 Å². The first-order valence-electron chi connectivity index (χ1n) is 17.9. The van der Waals surface area contributed by atoms with Crippen molar-refractivity contribution < 1.29 is 4.74 Å². The minimum atomic E-state index is -0.425. The molecule has 4 unspecified atom stereocenters. The number of rotatable bonds is 1. The van der Waals surface area contributed by atoms with Gasteiger partial charge in [-0.15, -0.1) is 0 Å². The summed E-state index contributed by atoms with van der Waals surface area (Å²) in [5, 5.41) is 7.89. The van der Waals surface area contributed by atoms with Crippen molar-refractivity contribution in [1.29, 1.82) is 0 Å². The van der Waals surface area contributed by atoms with E-state index in [1.165, 1.54) is 88.0 Å². The molecule has 50 heavy (non-hydrogen) atoms. The number of allylic oxidation sites excluding steroid dienone is 1. The van der Waals surface area contributed by atoms with Crippen LogP contribution in [-0.2, 0) is 5.41 Å². The highest BCUT2D eigenvalue weighted by atomic mass is 16.5. The van der Waals surface area contributed by atoms with Crippen LogP contribution < -0.4 is 4.74 Å². The van der Waals surface area contributed by atoms with Gasteiger partial charge in [0, 0.05) is 17.4 Å². The van der Waals surface area contributed by atoms with Gasteiger partial charge in [0.05, 0.1) is 5.41 Å². The fraction of sp³-hybridized carbons (Fsp3) is 0.102. The molecule has 0 saturated carbocycles. The van der Waals surface area contributed by atoms with Crippen LogP contribution in [0.3, 0.4) is 0 Å². The quantitative estimate of drug-likeness (QED) is 0.129. The van der Waals surface area contributed by atoms with Gasteiger partial charge >= 0.3 is 0 Å². The third-order valence-corrected chi connectivity index (χ3v) is 12.4. The molecule has 12 rings (SSSR count). The molecule has 1 spiro atoms. The summed E-state index contributed by atoms with van der Waals surface area (Å²) in [6, 6.07) is 57.3. The number of benzene rings is 8. The largest absolute Gasteiger partial charge is 0.489 e. The number of hydrogen-bond donors (Lipinski definition) is 0. The molecule has 234 valence electrons. The molecule has 8 aromatic carbocycles. The van der Waals surface area contributed by atoms with E-state index in [0.717, 1.165) is 12.2 Å². The van der Waals surface area contributed by atoms with E-state index in [2.05, 4.69) is 164 Å². The number of para-hydroxylation sites is 1. The van der Waals surface area contributed by atoms with Gasteiger partial charge in [0.1, 0.15) is 11.9 Å². The predicted octanol–water partition coefficient (Wildman–Crippen LogP) is 12.1. The van der Waals surface area contributed by atoms with Crippen LogP contribution in [0.25, 0.3) is 54.6 Å². The number of hydrogen-bond acceptors (Lipinski definition) is 1. The van der Waals surface area contributed by atoms with Crippen molar-refractivity contribution >= 4 is 32.3 Å². The normalized spacial score (nSPS) is 21.9. The Balaban J connectivity index is 1.16. The molecule has 0 aromatic heterocycles. The first kappa shape index (κ1) is 27.0. The summed E-state index contributed by atoms with van der Waals surface area (Å²) in [6.07, 6.45) is 5.92. The zero-order valence-electron chi connectivity index (χ0n) is 27.4. The van der Waals surface area contributed by atoms with Crippen LogP contribution >= 0.6 is 0 Å². The second kappa shape index (κ2) is 9.61. The summed E-state index contributed by atoms with van der Waals surface area (Å²) < 4.78 is 6.76. The van der Waals surface area contributed by atoms with Crippen molar-refractivity contribution in [3.05, 3.63) is 197 Å². The average molecular weight is 637 g/mol. The lowest BCUT2D eigenvalue weighted by atomic mass is 9.69. The molecule has 0 amide bonds. The second-order valence-electron chi connectivity index (χ2n) is 14.6. The van der Waals surface area contributed by atoms with Crippen LogP contribution in [0.5, 0.6) is 5.75 Å². The molecule has 4 aliphatic rings. The van der Waals surface area contributed by atoms with E-state index in [0.29, 0.717) is 5.92 Å². The van der Waals surface area contributed by atoms with Gasteiger partial charge in [-0.25, -0.2) is 0 Å². The van der Waals surface area contributed by atoms with Crippen molar-refractivity contribution in [2.24, 2.45) is 0 Å². The fourth-order valence-corrected chi connectivity index (χ4v) is 10.4. The minimum absolute atomic E-state index is 0.0990. The Morgan fingerprint density at radius 2 is 1.02 bits per heavy atom. The maximum Gasteiger partial charge on any atom is 0.123 e. The van der Waals surface area contributed by atoms with Crippen molar-refractivity contribution in [2.45, 2.75) is 29.8 Å². The summed E-state index contributed by atoms with van der Waals surface area (Å²) >= 11 is 0. The molecule has 0 fully saturated rings. The van der Waals surface area contributed by atoms with Gasteiger partial charge < -0.3 is 4.74 Å². The van der Waals surface area contributed by atoms with Crippen LogP contribution in [0, 0.1) is 0 Å². The van der Waals surface area contributed by atoms with Gasteiger partial charge in [-0.2, -0.15) is 0 Å². The maximum atomic E-state index is 6.76. The Kier molecular flexibility index (Phi) is 5.18. The average Bonchev–Trinajstić information content (AvgIpc) is 3.81. The van der Waals surface area contributed by atoms with E-state index in [1.54, 1.807) is 0 Å². The van der Waals surface area contributed by atoms with Crippen molar-refractivity contribution in [2.75, 3.05) is 0 Å². The Labute approximate surface area is 291 Å². The summed E-state index contributed by atoms with van der Waals surface area (Å²) in [7, 11) is 0. The van der Waals surface area contributed by atoms with Crippen molar-refractivity contribution in [3.63, 3.8) is 0 Å². The van der Waals surface area contributed by atoms with Crippen molar-refractivity contribution in [3.8, 4) is 28.0 Å². The van der Waals surface area contributed by atoms with Gasteiger partial charge in [-0.05, 0) is 107 Å². The van der Waals surface area contributed by atoms with Crippen LogP contribution in [0.1, 0.15) is 51.6 Å². The smallest absolute Gasteiger partial charge is 0.123 e. The first-order valence-corrected chi connectivity index (χ1v) is 17.9. The Morgan fingerprint density at radius 3 is 1.76 bits per heavy atom. The molecule has 0 radical (unpaired) electrons. The lowest BCUT2D eigenvalue weighted by Gasteiger charge is -2.33. The Morgan fingerprint density at radius 1 is 0.460 bits per heavy atom. The van der Waals surface area contributed by atoms with Crippen LogP contribution in [-0.4, -0.2) is 6.10 Å². The minimum Gasteiger partial charge on any atom is -0.489 e. The Hall–Kier alpha value is -5.92. The fourth-order valence-electron chi connectivity index (χ4n) is 10.4. The molecular formula is C49H32O. The molecule has 3 aliphatic carbocycles. The molecule has 0 saturated heterocycles. The van der Waals surface area contributed by atoms with Gasteiger partial charge in [0.2, 0.25) is 0 Å². The van der Waals surface area contributed by atoms with Crippen LogP contribution in [0.2, 0.25) is 0 Å². The summed E-state index contributed by atoms with van der Waals surface area (Å²) in [5.41, 5.74) is 13.1. The number of fused-ring (bicyclic) bond motifs is 19. The Bertz CT molecular complexity index is 2800. The van der Waals surface area contributed by atoms with Gasteiger partial charge in [0.15, 0.2) is 0 Å². The van der Waals surface area contributed by atoms with Gasteiger partial charge in [-0.1, -0.05) is 146 Å².